The third kappa shape index (κ3) is 3.86. The first-order valence-electron chi connectivity index (χ1n) is 6.42. The summed E-state index contributed by atoms with van der Waals surface area (Å²) >= 11 is 0. The van der Waals surface area contributed by atoms with Crippen molar-refractivity contribution in [3.05, 3.63) is 47.8 Å². The maximum atomic E-state index is 9.71. The second-order valence-electron chi connectivity index (χ2n) is 4.37. The number of rotatable bonds is 6. The Balaban J connectivity index is 1.95. The zero-order valence-electron chi connectivity index (χ0n) is 11.3. The number of aliphatic hydroxyl groups is 1. The van der Waals surface area contributed by atoms with E-state index in [0.717, 1.165) is 11.4 Å². The average molecular weight is 274 g/mol. The van der Waals surface area contributed by atoms with Gasteiger partial charge in [-0.2, -0.15) is 0 Å². The molecule has 0 unspecified atom stereocenters. The van der Waals surface area contributed by atoms with Gasteiger partial charge in [0.1, 0.15) is 23.8 Å². The van der Waals surface area contributed by atoms with E-state index in [0.29, 0.717) is 18.0 Å². The molecule has 5 heteroatoms. The molecule has 0 bridgehead atoms. The molecule has 0 fully saturated rings. The molecule has 1 aromatic carbocycles. The summed E-state index contributed by atoms with van der Waals surface area (Å²) in [6.45, 7) is 2.62. The molecule has 1 heterocycles. The van der Waals surface area contributed by atoms with E-state index >= 15 is 0 Å². The van der Waals surface area contributed by atoms with Crippen LogP contribution in [-0.4, -0.2) is 28.4 Å². The summed E-state index contributed by atoms with van der Waals surface area (Å²) in [6, 6.07) is 10.8. The SMILES string of the molecule is Cc1ccc(O)c(CNc2ccc(OCCO)cc2)n1. The molecule has 1 aromatic heterocycles. The summed E-state index contributed by atoms with van der Waals surface area (Å²) < 4.78 is 5.28. The fourth-order valence-electron chi connectivity index (χ4n) is 1.75. The summed E-state index contributed by atoms with van der Waals surface area (Å²) in [4.78, 5) is 4.28. The topological polar surface area (TPSA) is 74.6 Å². The van der Waals surface area contributed by atoms with Gasteiger partial charge in [0.25, 0.3) is 0 Å². The highest BCUT2D eigenvalue weighted by atomic mass is 16.5. The first kappa shape index (κ1) is 14.1. The summed E-state index contributed by atoms with van der Waals surface area (Å²) in [6.07, 6.45) is 0. The molecule has 2 rings (SSSR count). The summed E-state index contributed by atoms with van der Waals surface area (Å²) in [5.74, 6) is 0.895. The first-order valence-corrected chi connectivity index (χ1v) is 6.42. The fourth-order valence-corrected chi connectivity index (χ4v) is 1.75. The van der Waals surface area contributed by atoms with Crippen LogP contribution in [-0.2, 0) is 6.54 Å². The molecule has 20 heavy (non-hydrogen) atoms. The van der Waals surface area contributed by atoms with Gasteiger partial charge < -0.3 is 20.3 Å². The van der Waals surface area contributed by atoms with Crippen molar-refractivity contribution in [3.63, 3.8) is 0 Å². The van der Waals surface area contributed by atoms with Crippen LogP contribution in [0.25, 0.3) is 0 Å². The number of aryl methyl sites for hydroxylation is 1. The predicted octanol–water partition coefficient (Wildman–Crippen LogP) is 2.08. The van der Waals surface area contributed by atoms with Crippen LogP contribution in [0.5, 0.6) is 11.5 Å². The normalized spacial score (nSPS) is 10.3. The third-order valence-electron chi connectivity index (χ3n) is 2.76. The maximum Gasteiger partial charge on any atom is 0.138 e. The minimum Gasteiger partial charge on any atom is -0.506 e. The van der Waals surface area contributed by atoms with E-state index in [9.17, 15) is 5.11 Å². The molecule has 5 nitrogen and oxygen atoms in total. The van der Waals surface area contributed by atoms with E-state index in [1.165, 1.54) is 0 Å². The van der Waals surface area contributed by atoms with Crippen molar-refractivity contribution in [1.29, 1.82) is 0 Å². The predicted molar refractivity (Wildman–Crippen MR) is 77.0 cm³/mol. The van der Waals surface area contributed by atoms with Gasteiger partial charge in [-0.1, -0.05) is 0 Å². The Morgan fingerprint density at radius 3 is 2.60 bits per heavy atom. The van der Waals surface area contributed by atoms with E-state index < -0.39 is 0 Å². The van der Waals surface area contributed by atoms with Gasteiger partial charge in [-0.15, -0.1) is 0 Å². The Labute approximate surface area is 117 Å². The van der Waals surface area contributed by atoms with Crippen molar-refractivity contribution in [2.75, 3.05) is 18.5 Å². The number of hydrogen-bond acceptors (Lipinski definition) is 5. The van der Waals surface area contributed by atoms with Crippen LogP contribution in [0.15, 0.2) is 36.4 Å². The van der Waals surface area contributed by atoms with E-state index in [1.807, 2.05) is 31.2 Å². The molecule has 3 N–H and O–H groups in total. The lowest BCUT2D eigenvalue weighted by Gasteiger charge is -2.09. The van der Waals surface area contributed by atoms with Crippen LogP contribution in [0.3, 0.4) is 0 Å². The lowest BCUT2D eigenvalue weighted by molar-refractivity contribution is 0.201. The molecular weight excluding hydrogens is 256 g/mol. The van der Waals surface area contributed by atoms with Crippen LogP contribution in [0, 0.1) is 6.92 Å². The van der Waals surface area contributed by atoms with Crippen molar-refractivity contribution in [2.24, 2.45) is 0 Å². The molecule has 0 aliphatic rings. The molecular formula is C15H18N2O3. The number of benzene rings is 1. The molecule has 0 atom stereocenters. The second kappa shape index (κ2) is 6.77. The quantitative estimate of drug-likeness (QED) is 0.752. The molecule has 0 aliphatic carbocycles. The lowest BCUT2D eigenvalue weighted by atomic mass is 10.2. The van der Waals surface area contributed by atoms with E-state index in [1.54, 1.807) is 12.1 Å². The third-order valence-corrected chi connectivity index (χ3v) is 2.76. The number of aromatic hydroxyl groups is 1. The number of anilines is 1. The summed E-state index contributed by atoms with van der Waals surface area (Å²) in [5, 5.41) is 21.6. The van der Waals surface area contributed by atoms with E-state index in [4.69, 9.17) is 9.84 Å². The molecule has 0 saturated heterocycles. The minimum absolute atomic E-state index is 0.00168. The molecule has 106 valence electrons. The number of nitrogens with one attached hydrogen (secondary N) is 1. The van der Waals surface area contributed by atoms with Gasteiger partial charge in [-0.05, 0) is 43.3 Å². The number of ether oxygens (including phenoxy) is 1. The highest BCUT2D eigenvalue weighted by molar-refractivity contribution is 5.47. The molecule has 0 saturated carbocycles. The van der Waals surface area contributed by atoms with Crippen LogP contribution in [0.4, 0.5) is 5.69 Å². The van der Waals surface area contributed by atoms with Gasteiger partial charge in [-0.25, -0.2) is 0 Å². The van der Waals surface area contributed by atoms with Crippen molar-refractivity contribution in [3.8, 4) is 11.5 Å². The molecule has 0 amide bonds. The van der Waals surface area contributed by atoms with Crippen LogP contribution < -0.4 is 10.1 Å². The standard InChI is InChI=1S/C15H18N2O3/c1-11-2-7-15(19)14(17-11)10-16-12-3-5-13(6-4-12)20-9-8-18/h2-7,16,18-19H,8-10H2,1H3. The Bertz CT molecular complexity index is 556. The number of nitrogens with zero attached hydrogens (tertiary/aromatic N) is 1. The number of aliphatic hydroxyl groups excluding tert-OH is 1. The first-order chi connectivity index (χ1) is 9.69. The van der Waals surface area contributed by atoms with Gasteiger partial charge in [-0.3, -0.25) is 4.98 Å². The van der Waals surface area contributed by atoms with E-state index in [-0.39, 0.29) is 19.0 Å². The zero-order valence-corrected chi connectivity index (χ0v) is 11.3. The summed E-state index contributed by atoms with van der Waals surface area (Å²) in [7, 11) is 0. The Morgan fingerprint density at radius 1 is 1.15 bits per heavy atom. The molecule has 0 spiro atoms. The summed E-state index contributed by atoms with van der Waals surface area (Å²) in [5.41, 5.74) is 2.39. The number of aromatic nitrogens is 1. The lowest BCUT2D eigenvalue weighted by Crippen LogP contribution is -2.03. The van der Waals surface area contributed by atoms with Crippen LogP contribution in [0.2, 0.25) is 0 Å². The van der Waals surface area contributed by atoms with Crippen molar-refractivity contribution < 1.29 is 14.9 Å². The monoisotopic (exact) mass is 274 g/mol. The van der Waals surface area contributed by atoms with Gasteiger partial charge >= 0.3 is 0 Å². The van der Waals surface area contributed by atoms with Gasteiger partial charge in [0.2, 0.25) is 0 Å². The van der Waals surface area contributed by atoms with Gasteiger partial charge in [0.15, 0.2) is 0 Å². The molecule has 0 radical (unpaired) electrons. The number of hydrogen-bond donors (Lipinski definition) is 3. The number of pyridine rings is 1. The Kier molecular flexibility index (Phi) is 4.79. The van der Waals surface area contributed by atoms with Gasteiger partial charge in [0, 0.05) is 11.4 Å². The van der Waals surface area contributed by atoms with Gasteiger partial charge in [0.05, 0.1) is 13.2 Å². The largest absolute Gasteiger partial charge is 0.506 e. The van der Waals surface area contributed by atoms with Crippen molar-refractivity contribution in [2.45, 2.75) is 13.5 Å². The van der Waals surface area contributed by atoms with Crippen LogP contribution >= 0.6 is 0 Å². The average Bonchev–Trinajstić information content (AvgIpc) is 2.47. The van der Waals surface area contributed by atoms with Crippen molar-refractivity contribution >= 4 is 5.69 Å². The smallest absolute Gasteiger partial charge is 0.138 e. The zero-order chi connectivity index (χ0) is 14.4. The fraction of sp³-hybridized carbons (Fsp3) is 0.267. The van der Waals surface area contributed by atoms with Crippen LogP contribution in [0.1, 0.15) is 11.4 Å². The molecule has 0 aliphatic heterocycles. The highest BCUT2D eigenvalue weighted by Crippen LogP contribution is 2.19. The van der Waals surface area contributed by atoms with Crippen molar-refractivity contribution in [1.82, 2.24) is 4.98 Å². The second-order valence-corrected chi connectivity index (χ2v) is 4.37. The Hall–Kier alpha value is -2.27. The van der Waals surface area contributed by atoms with E-state index in [2.05, 4.69) is 10.3 Å². The Morgan fingerprint density at radius 2 is 1.90 bits per heavy atom. The highest BCUT2D eigenvalue weighted by Gasteiger charge is 2.03. The minimum atomic E-state index is -0.00168. The molecule has 2 aromatic rings. The maximum absolute atomic E-state index is 9.71.